The molecule has 0 aromatic heterocycles. The molecule has 1 aromatic rings. The third-order valence-corrected chi connectivity index (χ3v) is 3.94. The number of benzene rings is 1. The van der Waals surface area contributed by atoms with Gasteiger partial charge in [-0.3, -0.25) is 9.79 Å². The molecule has 26 heavy (non-hydrogen) atoms. The number of aliphatic imine (C=N–C) groups is 1. The van der Waals surface area contributed by atoms with Crippen molar-refractivity contribution in [3.05, 3.63) is 35.4 Å². The molecule has 0 bridgehead atoms. The van der Waals surface area contributed by atoms with Crippen molar-refractivity contribution in [2.45, 2.75) is 46.6 Å². The van der Waals surface area contributed by atoms with Crippen molar-refractivity contribution in [3.63, 3.8) is 0 Å². The summed E-state index contributed by atoms with van der Waals surface area (Å²) in [5, 5.41) is 6.66. The van der Waals surface area contributed by atoms with E-state index < -0.39 is 0 Å². The molecule has 1 rings (SSSR count). The Morgan fingerprint density at radius 2 is 1.69 bits per heavy atom. The monoisotopic (exact) mass is 474 g/mol. The number of carbonyl (C=O) groups excluding carboxylic acids is 1. The zero-order valence-corrected chi connectivity index (χ0v) is 19.4. The van der Waals surface area contributed by atoms with Crippen LogP contribution in [-0.4, -0.2) is 44.5 Å². The van der Waals surface area contributed by atoms with E-state index in [4.69, 9.17) is 0 Å². The number of rotatable bonds is 7. The second-order valence-electron chi connectivity index (χ2n) is 7.77. The minimum atomic E-state index is 0. The molecule has 5 nitrogen and oxygen atoms in total. The summed E-state index contributed by atoms with van der Waals surface area (Å²) in [5.74, 6) is 0.830. The maximum absolute atomic E-state index is 11.9. The van der Waals surface area contributed by atoms with Gasteiger partial charge in [0.25, 0.3) is 5.91 Å². The lowest BCUT2D eigenvalue weighted by Crippen LogP contribution is -2.37. The predicted molar refractivity (Wildman–Crippen MR) is 121 cm³/mol. The number of nitrogens with zero attached hydrogens (tertiary/aromatic N) is 2. The number of hydrogen-bond acceptors (Lipinski definition) is 2. The number of nitrogens with one attached hydrogen (secondary N) is 2. The highest BCUT2D eigenvalue weighted by Gasteiger charge is 2.09. The first kappa shape index (κ1) is 24.7. The lowest BCUT2D eigenvalue weighted by atomic mass is 9.90. The molecule has 0 radical (unpaired) electrons. The summed E-state index contributed by atoms with van der Waals surface area (Å²) < 4.78 is 0. The molecule has 1 amide bonds. The van der Waals surface area contributed by atoms with Gasteiger partial charge in [-0.1, -0.05) is 39.3 Å². The fraction of sp³-hybridized carbons (Fsp3) is 0.600. The van der Waals surface area contributed by atoms with Crippen molar-refractivity contribution in [2.24, 2.45) is 10.4 Å². The van der Waals surface area contributed by atoms with Crippen molar-refractivity contribution < 1.29 is 4.79 Å². The van der Waals surface area contributed by atoms with Gasteiger partial charge < -0.3 is 15.5 Å². The van der Waals surface area contributed by atoms with Gasteiger partial charge in [-0.15, -0.1) is 24.0 Å². The molecule has 0 fully saturated rings. The third kappa shape index (κ3) is 9.99. The van der Waals surface area contributed by atoms with E-state index in [1.165, 1.54) is 12.8 Å². The standard InChI is InChI=1S/C20H34N4O.HI/c1-20(2,3)13-7-8-14-22-19(21-4)23-15-16-9-11-17(12-10-16)18(25)24(5)6;/h9-12H,7-8,13-15H2,1-6H3,(H2,21,22,23);1H. The van der Waals surface area contributed by atoms with Crippen molar-refractivity contribution >= 4 is 35.8 Å². The molecular weight excluding hydrogens is 439 g/mol. The molecular formula is C20H35IN4O. The van der Waals surface area contributed by atoms with Crippen LogP contribution in [0.3, 0.4) is 0 Å². The smallest absolute Gasteiger partial charge is 0.253 e. The van der Waals surface area contributed by atoms with Crippen LogP contribution < -0.4 is 10.6 Å². The molecule has 0 atom stereocenters. The van der Waals surface area contributed by atoms with E-state index in [9.17, 15) is 4.79 Å². The fourth-order valence-electron chi connectivity index (χ4n) is 2.42. The highest BCUT2D eigenvalue weighted by atomic mass is 127. The van der Waals surface area contributed by atoms with Gasteiger partial charge >= 0.3 is 0 Å². The zero-order chi connectivity index (χ0) is 18.9. The fourth-order valence-corrected chi connectivity index (χ4v) is 2.42. The largest absolute Gasteiger partial charge is 0.356 e. The molecule has 2 N–H and O–H groups in total. The van der Waals surface area contributed by atoms with Gasteiger partial charge in [0.15, 0.2) is 5.96 Å². The van der Waals surface area contributed by atoms with Gasteiger partial charge in [0.1, 0.15) is 0 Å². The average molecular weight is 474 g/mol. The highest BCUT2D eigenvalue weighted by molar-refractivity contribution is 14.0. The summed E-state index contributed by atoms with van der Waals surface area (Å²) in [6.07, 6.45) is 3.59. The molecule has 0 saturated carbocycles. The van der Waals surface area contributed by atoms with Crippen LogP contribution in [0.2, 0.25) is 0 Å². The lowest BCUT2D eigenvalue weighted by molar-refractivity contribution is 0.0827. The minimum absolute atomic E-state index is 0. The summed E-state index contributed by atoms with van der Waals surface area (Å²) >= 11 is 0. The van der Waals surface area contributed by atoms with E-state index in [0.29, 0.717) is 17.5 Å². The maximum atomic E-state index is 11.9. The Morgan fingerprint density at radius 1 is 1.08 bits per heavy atom. The summed E-state index contributed by atoms with van der Waals surface area (Å²) in [5.41, 5.74) is 2.22. The Kier molecular flexibility index (Phi) is 11.5. The quantitative estimate of drug-likeness (QED) is 0.273. The van der Waals surface area contributed by atoms with Crippen LogP contribution in [0.15, 0.2) is 29.3 Å². The Morgan fingerprint density at radius 3 is 2.19 bits per heavy atom. The van der Waals surface area contributed by atoms with Crippen molar-refractivity contribution in [3.8, 4) is 0 Å². The molecule has 0 aliphatic heterocycles. The zero-order valence-electron chi connectivity index (χ0n) is 17.1. The van der Waals surface area contributed by atoms with Crippen molar-refractivity contribution in [2.75, 3.05) is 27.7 Å². The first-order chi connectivity index (χ1) is 11.7. The van der Waals surface area contributed by atoms with Gasteiger partial charge in [-0.05, 0) is 36.0 Å². The van der Waals surface area contributed by atoms with Gasteiger partial charge in [0, 0.05) is 39.8 Å². The Balaban J connectivity index is 0.00000625. The minimum Gasteiger partial charge on any atom is -0.356 e. The van der Waals surface area contributed by atoms with Crippen molar-refractivity contribution in [1.29, 1.82) is 0 Å². The van der Waals surface area contributed by atoms with Crippen LogP contribution in [-0.2, 0) is 6.54 Å². The molecule has 148 valence electrons. The Bertz CT molecular complexity index is 562. The Hall–Kier alpha value is -1.31. The molecule has 0 aliphatic rings. The normalized spacial score (nSPS) is 11.5. The number of halogens is 1. The number of amides is 1. The van der Waals surface area contributed by atoms with E-state index in [2.05, 4.69) is 36.4 Å². The third-order valence-electron chi connectivity index (χ3n) is 3.94. The van der Waals surface area contributed by atoms with E-state index in [1.807, 2.05) is 24.3 Å². The number of guanidine groups is 1. The van der Waals surface area contributed by atoms with Crippen LogP contribution in [0.25, 0.3) is 0 Å². The summed E-state index contributed by atoms with van der Waals surface area (Å²) in [7, 11) is 5.30. The summed E-state index contributed by atoms with van der Waals surface area (Å²) in [4.78, 5) is 17.7. The second-order valence-corrected chi connectivity index (χ2v) is 7.77. The molecule has 6 heteroatoms. The first-order valence-electron chi connectivity index (χ1n) is 8.98. The topological polar surface area (TPSA) is 56.7 Å². The highest BCUT2D eigenvalue weighted by Crippen LogP contribution is 2.21. The van der Waals surface area contributed by atoms with Crippen LogP contribution in [0.5, 0.6) is 0 Å². The van der Waals surface area contributed by atoms with E-state index >= 15 is 0 Å². The molecule has 1 aromatic carbocycles. The van der Waals surface area contributed by atoms with E-state index in [0.717, 1.165) is 24.5 Å². The van der Waals surface area contributed by atoms with Crippen LogP contribution in [0.1, 0.15) is 56.0 Å². The van der Waals surface area contributed by atoms with E-state index in [-0.39, 0.29) is 29.9 Å². The predicted octanol–water partition coefficient (Wildman–Crippen LogP) is 3.89. The molecule has 0 heterocycles. The Labute approximate surface area is 176 Å². The van der Waals surface area contributed by atoms with Crippen molar-refractivity contribution in [1.82, 2.24) is 15.5 Å². The summed E-state index contributed by atoms with van der Waals surface area (Å²) in [6.45, 7) is 8.43. The van der Waals surface area contributed by atoms with Crippen LogP contribution >= 0.6 is 24.0 Å². The molecule has 0 saturated heterocycles. The number of hydrogen-bond donors (Lipinski definition) is 2. The van der Waals surface area contributed by atoms with Crippen LogP contribution in [0, 0.1) is 5.41 Å². The maximum Gasteiger partial charge on any atom is 0.253 e. The van der Waals surface area contributed by atoms with Crippen LogP contribution in [0.4, 0.5) is 0 Å². The molecule has 0 unspecified atom stereocenters. The van der Waals surface area contributed by atoms with Gasteiger partial charge in [0.05, 0.1) is 0 Å². The number of unbranched alkanes of at least 4 members (excludes halogenated alkanes) is 1. The first-order valence-corrected chi connectivity index (χ1v) is 8.98. The lowest BCUT2D eigenvalue weighted by Gasteiger charge is -2.18. The second kappa shape index (κ2) is 12.1. The SMILES string of the molecule is CN=C(NCCCCC(C)(C)C)NCc1ccc(C(=O)N(C)C)cc1.I. The van der Waals surface area contributed by atoms with Gasteiger partial charge in [-0.2, -0.15) is 0 Å². The summed E-state index contributed by atoms with van der Waals surface area (Å²) in [6, 6.07) is 7.67. The van der Waals surface area contributed by atoms with Gasteiger partial charge in [0.2, 0.25) is 0 Å². The number of carbonyl (C=O) groups is 1. The van der Waals surface area contributed by atoms with E-state index in [1.54, 1.807) is 26.0 Å². The van der Waals surface area contributed by atoms with Gasteiger partial charge in [-0.25, -0.2) is 0 Å². The molecule has 0 spiro atoms. The average Bonchev–Trinajstić information content (AvgIpc) is 2.56. The molecule has 0 aliphatic carbocycles.